The van der Waals surface area contributed by atoms with Crippen LogP contribution in [0.1, 0.15) is 20.8 Å². The van der Waals surface area contributed by atoms with Crippen molar-refractivity contribution in [2.75, 3.05) is 44.7 Å². The zero-order valence-electron chi connectivity index (χ0n) is 13.7. The third-order valence-electron chi connectivity index (χ3n) is 4.80. The molecule has 1 unspecified atom stereocenters. The van der Waals surface area contributed by atoms with E-state index in [1.165, 1.54) is 5.69 Å². The molecule has 0 radical (unpaired) electrons. The zero-order valence-corrected chi connectivity index (χ0v) is 14.5. The van der Waals surface area contributed by atoms with Gasteiger partial charge in [0.05, 0.1) is 0 Å². The van der Waals surface area contributed by atoms with Gasteiger partial charge in [0.2, 0.25) is 0 Å². The summed E-state index contributed by atoms with van der Waals surface area (Å²) in [7, 11) is 2.05. The molecule has 1 aliphatic heterocycles. The van der Waals surface area contributed by atoms with E-state index in [2.05, 4.69) is 48.0 Å². The highest BCUT2D eigenvalue weighted by atomic mass is 35.5. The maximum absolute atomic E-state index is 5.96. The van der Waals surface area contributed by atoms with E-state index in [1.807, 2.05) is 19.2 Å². The largest absolute Gasteiger partial charge is 0.369 e. The molecule has 0 spiro atoms. The minimum atomic E-state index is 0.289. The molecule has 1 heterocycles. The van der Waals surface area contributed by atoms with Crippen LogP contribution in [-0.2, 0) is 0 Å². The molecular formula is C17H28ClN3. The van der Waals surface area contributed by atoms with Crippen LogP contribution in [0.3, 0.4) is 0 Å². The molecule has 1 saturated heterocycles. The van der Waals surface area contributed by atoms with Gasteiger partial charge in [-0.1, -0.05) is 25.4 Å². The second-order valence-electron chi connectivity index (χ2n) is 6.74. The number of hydrogen-bond donors (Lipinski definition) is 1. The normalized spacial score (nSPS) is 18.8. The standard InChI is InChI=1S/C17H28ClN3/c1-14(19-4)17(2,3)13-20-9-11-21(12-10-20)16-7-5-15(18)6-8-16/h5-8,14,19H,9-13H2,1-4H3. The molecule has 1 aliphatic rings. The average Bonchev–Trinajstić information content (AvgIpc) is 2.47. The summed E-state index contributed by atoms with van der Waals surface area (Å²) in [5.41, 5.74) is 1.57. The molecule has 2 rings (SSSR count). The SMILES string of the molecule is CNC(C)C(C)(C)CN1CCN(c2ccc(Cl)cc2)CC1. The van der Waals surface area contributed by atoms with Crippen molar-refractivity contribution in [1.82, 2.24) is 10.2 Å². The van der Waals surface area contributed by atoms with Crippen LogP contribution in [0.5, 0.6) is 0 Å². The van der Waals surface area contributed by atoms with Crippen LogP contribution in [-0.4, -0.2) is 50.7 Å². The molecule has 118 valence electrons. The van der Waals surface area contributed by atoms with Crippen molar-refractivity contribution in [3.63, 3.8) is 0 Å². The number of rotatable bonds is 5. The first-order valence-electron chi connectivity index (χ1n) is 7.82. The summed E-state index contributed by atoms with van der Waals surface area (Å²) in [6.45, 7) is 12.5. The van der Waals surface area contributed by atoms with Gasteiger partial charge in [0.15, 0.2) is 0 Å². The zero-order chi connectivity index (χ0) is 15.5. The van der Waals surface area contributed by atoms with Crippen molar-refractivity contribution in [2.45, 2.75) is 26.8 Å². The monoisotopic (exact) mass is 309 g/mol. The molecule has 1 N–H and O–H groups in total. The lowest BCUT2D eigenvalue weighted by atomic mass is 9.84. The first-order chi connectivity index (χ1) is 9.92. The van der Waals surface area contributed by atoms with Crippen LogP contribution >= 0.6 is 11.6 Å². The Hall–Kier alpha value is -0.770. The van der Waals surface area contributed by atoms with Crippen molar-refractivity contribution in [1.29, 1.82) is 0 Å². The molecule has 4 heteroatoms. The summed E-state index contributed by atoms with van der Waals surface area (Å²) in [5, 5.41) is 4.19. The number of hydrogen-bond acceptors (Lipinski definition) is 3. The highest BCUT2D eigenvalue weighted by molar-refractivity contribution is 6.30. The molecule has 1 atom stereocenters. The molecular weight excluding hydrogens is 282 g/mol. The van der Waals surface area contributed by atoms with E-state index < -0.39 is 0 Å². The molecule has 3 nitrogen and oxygen atoms in total. The van der Waals surface area contributed by atoms with Gasteiger partial charge in [-0.05, 0) is 43.7 Å². The van der Waals surface area contributed by atoms with E-state index in [-0.39, 0.29) is 5.41 Å². The lowest BCUT2D eigenvalue weighted by Crippen LogP contribution is -2.52. The maximum atomic E-state index is 5.96. The number of halogens is 1. The van der Waals surface area contributed by atoms with Crippen LogP contribution in [0.25, 0.3) is 0 Å². The number of piperazine rings is 1. The molecule has 1 aromatic carbocycles. The summed E-state index contributed by atoms with van der Waals surface area (Å²) in [4.78, 5) is 5.03. The van der Waals surface area contributed by atoms with E-state index in [0.717, 1.165) is 37.7 Å². The van der Waals surface area contributed by atoms with Gasteiger partial charge in [0.25, 0.3) is 0 Å². The molecule has 0 aliphatic carbocycles. The lowest BCUT2D eigenvalue weighted by Gasteiger charge is -2.41. The van der Waals surface area contributed by atoms with Gasteiger partial charge < -0.3 is 10.2 Å². The van der Waals surface area contributed by atoms with Crippen molar-refractivity contribution in [2.24, 2.45) is 5.41 Å². The Morgan fingerprint density at radius 2 is 1.71 bits per heavy atom. The van der Waals surface area contributed by atoms with Crippen LogP contribution in [0, 0.1) is 5.41 Å². The summed E-state index contributed by atoms with van der Waals surface area (Å²) in [6.07, 6.45) is 0. The Bertz CT molecular complexity index is 436. The first-order valence-corrected chi connectivity index (χ1v) is 8.20. The lowest BCUT2D eigenvalue weighted by molar-refractivity contribution is 0.140. The van der Waals surface area contributed by atoms with Gasteiger partial charge in [0, 0.05) is 49.5 Å². The Morgan fingerprint density at radius 1 is 1.14 bits per heavy atom. The Kier molecular flexibility index (Phi) is 5.53. The van der Waals surface area contributed by atoms with Gasteiger partial charge in [-0.2, -0.15) is 0 Å². The van der Waals surface area contributed by atoms with Crippen molar-refractivity contribution >= 4 is 17.3 Å². The highest BCUT2D eigenvalue weighted by Gasteiger charge is 2.29. The van der Waals surface area contributed by atoms with Gasteiger partial charge >= 0.3 is 0 Å². The number of nitrogens with zero attached hydrogens (tertiary/aromatic N) is 2. The summed E-state index contributed by atoms with van der Waals surface area (Å²) < 4.78 is 0. The molecule has 1 aromatic rings. The highest BCUT2D eigenvalue weighted by Crippen LogP contribution is 2.24. The fourth-order valence-corrected chi connectivity index (χ4v) is 3.05. The second kappa shape index (κ2) is 6.99. The molecule has 0 saturated carbocycles. The van der Waals surface area contributed by atoms with Crippen LogP contribution < -0.4 is 10.2 Å². The van der Waals surface area contributed by atoms with E-state index in [4.69, 9.17) is 11.6 Å². The van der Waals surface area contributed by atoms with Gasteiger partial charge in [0.1, 0.15) is 0 Å². The summed E-state index contributed by atoms with van der Waals surface area (Å²) in [6, 6.07) is 8.70. The van der Waals surface area contributed by atoms with Crippen molar-refractivity contribution in [3.8, 4) is 0 Å². The summed E-state index contributed by atoms with van der Waals surface area (Å²) in [5.74, 6) is 0. The quantitative estimate of drug-likeness (QED) is 0.901. The summed E-state index contributed by atoms with van der Waals surface area (Å²) >= 11 is 5.96. The second-order valence-corrected chi connectivity index (χ2v) is 7.17. The smallest absolute Gasteiger partial charge is 0.0407 e. The Morgan fingerprint density at radius 3 is 2.24 bits per heavy atom. The third-order valence-corrected chi connectivity index (χ3v) is 5.05. The minimum absolute atomic E-state index is 0.289. The van der Waals surface area contributed by atoms with Gasteiger partial charge in [-0.15, -0.1) is 0 Å². The molecule has 0 amide bonds. The predicted molar refractivity (Wildman–Crippen MR) is 92.4 cm³/mol. The fourth-order valence-electron chi connectivity index (χ4n) is 2.92. The topological polar surface area (TPSA) is 18.5 Å². The number of benzene rings is 1. The Balaban J connectivity index is 1.87. The number of nitrogens with one attached hydrogen (secondary N) is 1. The predicted octanol–water partition coefficient (Wildman–Crippen LogP) is 3.10. The number of anilines is 1. The van der Waals surface area contributed by atoms with Crippen molar-refractivity contribution in [3.05, 3.63) is 29.3 Å². The minimum Gasteiger partial charge on any atom is -0.369 e. The van der Waals surface area contributed by atoms with Crippen LogP contribution in [0.4, 0.5) is 5.69 Å². The van der Waals surface area contributed by atoms with E-state index in [0.29, 0.717) is 6.04 Å². The van der Waals surface area contributed by atoms with Crippen LogP contribution in [0.15, 0.2) is 24.3 Å². The fraction of sp³-hybridized carbons (Fsp3) is 0.647. The van der Waals surface area contributed by atoms with Gasteiger partial charge in [-0.25, -0.2) is 0 Å². The van der Waals surface area contributed by atoms with Gasteiger partial charge in [-0.3, -0.25) is 4.90 Å². The molecule has 21 heavy (non-hydrogen) atoms. The maximum Gasteiger partial charge on any atom is 0.0407 e. The van der Waals surface area contributed by atoms with E-state index in [1.54, 1.807) is 0 Å². The first kappa shape index (κ1) is 16.6. The van der Waals surface area contributed by atoms with Crippen LogP contribution in [0.2, 0.25) is 5.02 Å². The van der Waals surface area contributed by atoms with E-state index >= 15 is 0 Å². The third kappa shape index (κ3) is 4.35. The van der Waals surface area contributed by atoms with Crippen molar-refractivity contribution < 1.29 is 0 Å². The average molecular weight is 310 g/mol. The molecule has 1 fully saturated rings. The molecule has 0 aromatic heterocycles. The molecule has 0 bridgehead atoms. The van der Waals surface area contributed by atoms with E-state index in [9.17, 15) is 0 Å². The Labute approximate surface area is 134 Å².